The normalized spacial score (nSPS) is 4.80. The fourth-order valence-electron chi connectivity index (χ4n) is 0. The number of carbonyl (C=O) groups is 1. The molecule has 0 aromatic carbocycles. The van der Waals surface area contributed by atoms with E-state index in [2.05, 4.69) is 11.5 Å². The summed E-state index contributed by atoms with van der Waals surface area (Å²) in [7, 11) is 0. The Bertz CT molecular complexity index is 32.6. The third kappa shape index (κ3) is 8730. The summed E-state index contributed by atoms with van der Waals surface area (Å²) < 4.78 is 0. The Morgan fingerprint density at radius 3 is 1.40 bits per heavy atom. The summed E-state index contributed by atoms with van der Waals surface area (Å²) >= 11 is 0. The van der Waals surface area contributed by atoms with Crippen LogP contribution in [0.3, 0.4) is 0 Å². The van der Waals surface area contributed by atoms with Crippen molar-refractivity contribution in [3.8, 4) is 0 Å². The van der Waals surface area contributed by atoms with Crippen LogP contribution in [0.4, 0.5) is 4.79 Å². The van der Waals surface area contributed by atoms with Gasteiger partial charge in [-0.05, 0) is 0 Å². The topological polar surface area (TPSA) is 69.1 Å². The van der Waals surface area contributed by atoms with E-state index in [1.54, 1.807) is 0 Å². The zero-order chi connectivity index (χ0) is 3.58. The molecule has 0 aromatic rings. The summed E-state index contributed by atoms with van der Waals surface area (Å²) in [6.45, 7) is 0. The van der Waals surface area contributed by atoms with Crippen LogP contribution in [-0.4, -0.2) is 6.03 Å². The van der Waals surface area contributed by atoms with Crippen molar-refractivity contribution in [2.24, 2.45) is 11.5 Å². The average molecular weight is 244 g/mol. The third-order valence-corrected chi connectivity index (χ3v) is 0. The molecule has 5 heavy (non-hydrogen) atoms. The molecule has 0 fully saturated rings. The minimum atomic E-state index is -0.833. The van der Waals surface area contributed by atoms with E-state index in [0.717, 1.165) is 0 Å². The Hall–Kier alpha value is -0.0417. The van der Waals surface area contributed by atoms with Gasteiger partial charge in [-0.25, -0.2) is 4.79 Å². The summed E-state index contributed by atoms with van der Waals surface area (Å²) in [6, 6.07) is -0.833. The average Bonchev–Trinajstić information content (AvgIpc) is 0.811. The fourth-order valence-corrected chi connectivity index (χ4v) is 0. The molecular formula is CH4N2OW. The van der Waals surface area contributed by atoms with Gasteiger partial charge in [-0.2, -0.15) is 0 Å². The zero-order valence-electron chi connectivity index (χ0n) is 2.47. The number of rotatable bonds is 0. The molecule has 0 saturated heterocycles. The van der Waals surface area contributed by atoms with Crippen molar-refractivity contribution in [3.05, 3.63) is 0 Å². The molecule has 2 amide bonds. The predicted octanol–water partition coefficient (Wildman–Crippen LogP) is -0.979. The first kappa shape index (κ1) is 8.88. The van der Waals surface area contributed by atoms with Crippen molar-refractivity contribution >= 4 is 6.03 Å². The third-order valence-electron chi connectivity index (χ3n) is 0. The smallest absolute Gasteiger partial charge is 0.309 e. The summed E-state index contributed by atoms with van der Waals surface area (Å²) in [5.74, 6) is 0. The zero-order valence-corrected chi connectivity index (χ0v) is 5.40. The Kier molecular flexibility index (Phi) is 7.03. The van der Waals surface area contributed by atoms with Gasteiger partial charge in [0.05, 0.1) is 0 Å². The molecule has 4 N–H and O–H groups in total. The van der Waals surface area contributed by atoms with Crippen LogP contribution in [0.25, 0.3) is 0 Å². The van der Waals surface area contributed by atoms with Crippen LogP contribution in [-0.2, 0) is 21.1 Å². The molecule has 0 aliphatic carbocycles. The van der Waals surface area contributed by atoms with Gasteiger partial charge in [-0.15, -0.1) is 0 Å². The molecule has 0 unspecified atom stereocenters. The molecular weight excluding hydrogens is 240 g/mol. The van der Waals surface area contributed by atoms with E-state index >= 15 is 0 Å². The number of hydrogen-bond acceptors (Lipinski definition) is 1. The summed E-state index contributed by atoms with van der Waals surface area (Å²) in [5, 5.41) is 0. The molecule has 0 rings (SSSR count). The maximum Gasteiger partial charge on any atom is 0.309 e. The van der Waals surface area contributed by atoms with Crippen LogP contribution >= 0.6 is 0 Å². The first-order valence-electron chi connectivity index (χ1n) is 0.781. The molecule has 0 spiro atoms. The molecule has 4 heteroatoms. The Morgan fingerprint density at radius 1 is 1.40 bits per heavy atom. The molecule has 3 nitrogen and oxygen atoms in total. The van der Waals surface area contributed by atoms with Crippen molar-refractivity contribution in [3.63, 3.8) is 0 Å². The molecule has 0 saturated carbocycles. The number of carbonyl (C=O) groups excluding carboxylic acids is 1. The quantitative estimate of drug-likeness (QED) is 0.565. The van der Waals surface area contributed by atoms with Crippen molar-refractivity contribution in [2.45, 2.75) is 0 Å². The van der Waals surface area contributed by atoms with E-state index in [0.29, 0.717) is 0 Å². The minimum Gasteiger partial charge on any atom is -0.352 e. The molecule has 0 heterocycles. The van der Waals surface area contributed by atoms with E-state index in [-0.39, 0.29) is 21.1 Å². The van der Waals surface area contributed by atoms with Gasteiger partial charge in [0.1, 0.15) is 0 Å². The summed E-state index contributed by atoms with van der Waals surface area (Å²) in [5.41, 5.74) is 8.50. The maximum atomic E-state index is 9.00. The van der Waals surface area contributed by atoms with Crippen LogP contribution < -0.4 is 11.5 Å². The largest absolute Gasteiger partial charge is 0.352 e. The second-order valence-electron chi connectivity index (χ2n) is 0.402. The first-order valence-corrected chi connectivity index (χ1v) is 0.781. The van der Waals surface area contributed by atoms with Gasteiger partial charge in [-0.1, -0.05) is 0 Å². The Balaban J connectivity index is 0. The number of hydrogen-bond donors (Lipinski definition) is 2. The van der Waals surface area contributed by atoms with Crippen molar-refractivity contribution in [1.82, 2.24) is 0 Å². The Labute approximate surface area is 44.0 Å². The maximum absolute atomic E-state index is 9.00. The van der Waals surface area contributed by atoms with Gasteiger partial charge in [0.15, 0.2) is 0 Å². The van der Waals surface area contributed by atoms with Gasteiger partial charge < -0.3 is 11.5 Å². The van der Waals surface area contributed by atoms with Gasteiger partial charge in [-0.3, -0.25) is 0 Å². The molecule has 0 bridgehead atoms. The van der Waals surface area contributed by atoms with Crippen molar-refractivity contribution in [2.75, 3.05) is 0 Å². The number of urea groups is 1. The van der Waals surface area contributed by atoms with E-state index in [1.807, 2.05) is 0 Å². The minimum absolute atomic E-state index is 0. The van der Waals surface area contributed by atoms with Crippen LogP contribution in [0.15, 0.2) is 0 Å². The van der Waals surface area contributed by atoms with Crippen LogP contribution in [0.2, 0.25) is 0 Å². The fraction of sp³-hybridized carbons (Fsp3) is 0. The second-order valence-corrected chi connectivity index (χ2v) is 0.402. The van der Waals surface area contributed by atoms with Gasteiger partial charge >= 0.3 is 6.03 Å². The number of primary amides is 2. The second kappa shape index (κ2) is 3.96. The Morgan fingerprint density at radius 2 is 1.40 bits per heavy atom. The van der Waals surface area contributed by atoms with E-state index in [1.165, 1.54) is 0 Å². The molecule has 0 atom stereocenters. The SMILES string of the molecule is NC(N)=O.[W]. The number of nitrogens with two attached hydrogens (primary N) is 2. The van der Waals surface area contributed by atoms with Crippen LogP contribution in [0.1, 0.15) is 0 Å². The van der Waals surface area contributed by atoms with Crippen molar-refractivity contribution in [1.29, 1.82) is 0 Å². The van der Waals surface area contributed by atoms with Gasteiger partial charge in [0, 0.05) is 21.1 Å². The molecule has 0 aliphatic rings. The molecule has 0 aliphatic heterocycles. The van der Waals surface area contributed by atoms with Gasteiger partial charge in [0.2, 0.25) is 0 Å². The van der Waals surface area contributed by atoms with Crippen LogP contribution in [0, 0.1) is 0 Å². The molecule has 30 valence electrons. The summed E-state index contributed by atoms with van der Waals surface area (Å²) in [4.78, 5) is 9.00. The van der Waals surface area contributed by atoms with E-state index in [9.17, 15) is 0 Å². The molecule has 0 aromatic heterocycles. The van der Waals surface area contributed by atoms with Gasteiger partial charge in [0.25, 0.3) is 0 Å². The first-order chi connectivity index (χ1) is 1.73. The van der Waals surface area contributed by atoms with Crippen LogP contribution in [0.5, 0.6) is 0 Å². The van der Waals surface area contributed by atoms with Crippen molar-refractivity contribution < 1.29 is 25.9 Å². The number of amides is 2. The molecule has 0 radical (unpaired) electrons. The standard InChI is InChI=1S/CH4N2O.W/c2-1(3)4;/h(H4,2,3,4);. The van der Waals surface area contributed by atoms with E-state index < -0.39 is 6.03 Å². The summed E-state index contributed by atoms with van der Waals surface area (Å²) in [6.07, 6.45) is 0. The monoisotopic (exact) mass is 244 g/mol. The predicted molar refractivity (Wildman–Crippen MR) is 13.8 cm³/mol. The van der Waals surface area contributed by atoms with E-state index in [4.69, 9.17) is 4.79 Å².